The third-order valence-electron chi connectivity index (χ3n) is 2.51. The summed E-state index contributed by atoms with van der Waals surface area (Å²) in [5, 5.41) is 10.6. The molecule has 0 spiro atoms. The van der Waals surface area contributed by atoms with E-state index < -0.39 is 0 Å². The molecule has 2 heterocycles. The van der Waals surface area contributed by atoms with Crippen molar-refractivity contribution in [2.75, 3.05) is 5.32 Å². The number of H-pyrrole nitrogens is 1. The monoisotopic (exact) mass is 250 g/mol. The van der Waals surface area contributed by atoms with E-state index in [-0.39, 0.29) is 5.91 Å². The standard InChI is InChI=1S/C11H14N4OS/c1-6-4-11(17-15-6)12-10(16)5-9-7(2)13-14-8(9)3/h4H,5H2,1-3H3,(H,12,16)(H,13,14). The highest BCUT2D eigenvalue weighted by Crippen LogP contribution is 2.16. The Hall–Kier alpha value is -1.69. The van der Waals surface area contributed by atoms with Gasteiger partial charge in [-0.2, -0.15) is 9.47 Å². The molecule has 1 amide bonds. The molecule has 0 atom stereocenters. The van der Waals surface area contributed by atoms with Crippen molar-refractivity contribution in [3.05, 3.63) is 28.7 Å². The third kappa shape index (κ3) is 2.71. The maximum absolute atomic E-state index is 11.8. The second-order valence-electron chi connectivity index (χ2n) is 3.97. The van der Waals surface area contributed by atoms with E-state index in [2.05, 4.69) is 19.9 Å². The maximum atomic E-state index is 11.8. The smallest absolute Gasteiger partial charge is 0.229 e. The molecule has 17 heavy (non-hydrogen) atoms. The summed E-state index contributed by atoms with van der Waals surface area (Å²) >= 11 is 1.29. The fourth-order valence-corrected chi connectivity index (χ4v) is 2.28. The van der Waals surface area contributed by atoms with Gasteiger partial charge < -0.3 is 5.32 Å². The molecule has 0 saturated carbocycles. The largest absolute Gasteiger partial charge is 0.316 e. The van der Waals surface area contributed by atoms with Gasteiger partial charge in [-0.15, -0.1) is 0 Å². The molecule has 0 radical (unpaired) electrons. The number of rotatable bonds is 3. The Morgan fingerprint density at radius 3 is 2.76 bits per heavy atom. The van der Waals surface area contributed by atoms with E-state index in [0.717, 1.165) is 27.6 Å². The van der Waals surface area contributed by atoms with Gasteiger partial charge in [0.1, 0.15) is 5.00 Å². The maximum Gasteiger partial charge on any atom is 0.229 e. The second kappa shape index (κ2) is 4.67. The Morgan fingerprint density at radius 1 is 1.47 bits per heavy atom. The molecule has 6 heteroatoms. The number of nitrogens with one attached hydrogen (secondary N) is 2. The van der Waals surface area contributed by atoms with E-state index in [1.807, 2.05) is 26.8 Å². The minimum Gasteiger partial charge on any atom is -0.316 e. The van der Waals surface area contributed by atoms with Crippen LogP contribution in [0.1, 0.15) is 22.6 Å². The molecular formula is C11H14N4OS. The molecule has 5 nitrogen and oxygen atoms in total. The lowest BCUT2D eigenvalue weighted by Gasteiger charge is -2.02. The Balaban J connectivity index is 2.03. The molecule has 2 rings (SSSR count). The van der Waals surface area contributed by atoms with Crippen molar-refractivity contribution in [1.29, 1.82) is 0 Å². The third-order valence-corrected chi connectivity index (χ3v) is 3.30. The summed E-state index contributed by atoms with van der Waals surface area (Å²) in [5.74, 6) is -0.0405. The molecular weight excluding hydrogens is 236 g/mol. The zero-order valence-electron chi connectivity index (χ0n) is 10.00. The van der Waals surface area contributed by atoms with E-state index >= 15 is 0 Å². The predicted octanol–water partition coefficient (Wildman–Crippen LogP) is 1.97. The molecule has 2 aromatic rings. The number of carbonyl (C=O) groups is 1. The van der Waals surface area contributed by atoms with Crippen molar-refractivity contribution in [3.8, 4) is 0 Å². The minimum atomic E-state index is -0.0405. The first-order valence-electron chi connectivity index (χ1n) is 5.30. The van der Waals surface area contributed by atoms with Crippen molar-refractivity contribution < 1.29 is 4.79 Å². The molecule has 0 aromatic carbocycles. The van der Waals surface area contributed by atoms with Crippen LogP contribution < -0.4 is 5.32 Å². The Kier molecular flexibility index (Phi) is 3.23. The van der Waals surface area contributed by atoms with Crippen LogP contribution in [0.15, 0.2) is 6.07 Å². The number of aryl methyl sites for hydroxylation is 3. The van der Waals surface area contributed by atoms with Gasteiger partial charge in [-0.25, -0.2) is 0 Å². The fraction of sp³-hybridized carbons (Fsp3) is 0.364. The molecule has 0 fully saturated rings. The van der Waals surface area contributed by atoms with Gasteiger partial charge in [0.15, 0.2) is 0 Å². The summed E-state index contributed by atoms with van der Waals surface area (Å²) in [4.78, 5) is 11.8. The van der Waals surface area contributed by atoms with Gasteiger partial charge in [0, 0.05) is 11.3 Å². The fourth-order valence-electron chi connectivity index (χ4n) is 1.60. The SMILES string of the molecule is Cc1cc(NC(=O)Cc2c(C)n[nH]c2C)sn1. The summed E-state index contributed by atoms with van der Waals surface area (Å²) in [5.41, 5.74) is 3.70. The van der Waals surface area contributed by atoms with E-state index in [9.17, 15) is 4.79 Å². The van der Waals surface area contributed by atoms with Gasteiger partial charge >= 0.3 is 0 Å². The van der Waals surface area contributed by atoms with Crippen molar-refractivity contribution in [3.63, 3.8) is 0 Å². The number of amides is 1. The predicted molar refractivity (Wildman–Crippen MR) is 67.2 cm³/mol. The summed E-state index contributed by atoms with van der Waals surface area (Å²) < 4.78 is 4.11. The summed E-state index contributed by atoms with van der Waals surface area (Å²) in [7, 11) is 0. The number of aromatic amines is 1. The number of hydrogen-bond donors (Lipinski definition) is 2. The highest BCUT2D eigenvalue weighted by molar-refractivity contribution is 7.10. The second-order valence-corrected chi connectivity index (χ2v) is 4.78. The highest BCUT2D eigenvalue weighted by Gasteiger charge is 2.12. The summed E-state index contributed by atoms with van der Waals surface area (Å²) in [6.45, 7) is 5.71. The molecule has 2 aromatic heterocycles. The van der Waals surface area contributed by atoms with Crippen molar-refractivity contribution in [2.45, 2.75) is 27.2 Å². The first-order chi connectivity index (χ1) is 8.06. The van der Waals surface area contributed by atoms with E-state index in [1.165, 1.54) is 11.5 Å². The van der Waals surface area contributed by atoms with Gasteiger partial charge in [-0.05, 0) is 38.4 Å². The number of nitrogens with zero attached hydrogens (tertiary/aromatic N) is 2. The van der Waals surface area contributed by atoms with Gasteiger partial charge in [0.2, 0.25) is 5.91 Å². The lowest BCUT2D eigenvalue weighted by atomic mass is 10.1. The van der Waals surface area contributed by atoms with Crippen LogP contribution in [0.3, 0.4) is 0 Å². The van der Waals surface area contributed by atoms with Crippen LogP contribution in [0.4, 0.5) is 5.00 Å². The van der Waals surface area contributed by atoms with Crippen LogP contribution in [-0.2, 0) is 11.2 Å². The molecule has 0 aliphatic heterocycles. The molecule has 90 valence electrons. The lowest BCUT2D eigenvalue weighted by molar-refractivity contribution is -0.115. The number of hydrogen-bond acceptors (Lipinski definition) is 4. The molecule has 0 unspecified atom stereocenters. The average molecular weight is 250 g/mol. The number of aromatic nitrogens is 3. The summed E-state index contributed by atoms with van der Waals surface area (Å²) in [6.07, 6.45) is 0.338. The van der Waals surface area contributed by atoms with Crippen LogP contribution in [0.25, 0.3) is 0 Å². The molecule has 0 bridgehead atoms. The first-order valence-corrected chi connectivity index (χ1v) is 6.07. The van der Waals surface area contributed by atoms with Crippen LogP contribution in [0.5, 0.6) is 0 Å². The van der Waals surface area contributed by atoms with Gasteiger partial charge in [0.25, 0.3) is 0 Å². The molecule has 2 N–H and O–H groups in total. The van der Waals surface area contributed by atoms with Crippen LogP contribution in [-0.4, -0.2) is 20.5 Å². The van der Waals surface area contributed by atoms with E-state index in [0.29, 0.717) is 6.42 Å². The van der Waals surface area contributed by atoms with Crippen molar-refractivity contribution in [1.82, 2.24) is 14.6 Å². The first kappa shape index (κ1) is 11.8. The topological polar surface area (TPSA) is 70.7 Å². The average Bonchev–Trinajstić information content (AvgIpc) is 2.79. The van der Waals surface area contributed by atoms with E-state index in [1.54, 1.807) is 0 Å². The summed E-state index contributed by atoms with van der Waals surface area (Å²) in [6, 6.07) is 1.86. The van der Waals surface area contributed by atoms with Gasteiger partial charge in [-0.1, -0.05) is 0 Å². The van der Waals surface area contributed by atoms with Crippen molar-refractivity contribution >= 4 is 22.4 Å². The number of carbonyl (C=O) groups excluding carboxylic acids is 1. The Morgan fingerprint density at radius 2 is 2.24 bits per heavy atom. The quantitative estimate of drug-likeness (QED) is 0.875. The molecule has 0 aliphatic carbocycles. The minimum absolute atomic E-state index is 0.0405. The van der Waals surface area contributed by atoms with Crippen molar-refractivity contribution in [2.24, 2.45) is 0 Å². The van der Waals surface area contributed by atoms with E-state index in [4.69, 9.17) is 0 Å². The van der Waals surface area contributed by atoms with Crippen LogP contribution in [0.2, 0.25) is 0 Å². The van der Waals surface area contributed by atoms with Gasteiger partial charge in [0.05, 0.1) is 17.8 Å². The van der Waals surface area contributed by atoms with Gasteiger partial charge in [-0.3, -0.25) is 9.89 Å². The zero-order valence-corrected chi connectivity index (χ0v) is 10.8. The van der Waals surface area contributed by atoms with Crippen LogP contribution in [0, 0.1) is 20.8 Å². The molecule has 0 aliphatic rings. The van der Waals surface area contributed by atoms with Crippen LogP contribution >= 0.6 is 11.5 Å². The Bertz CT molecular complexity index is 524. The Labute approximate surface area is 103 Å². The zero-order chi connectivity index (χ0) is 12.4. The normalized spacial score (nSPS) is 10.5. The lowest BCUT2D eigenvalue weighted by Crippen LogP contribution is -2.14. The number of anilines is 1. The molecule has 0 saturated heterocycles. The highest BCUT2D eigenvalue weighted by atomic mass is 32.1.